The van der Waals surface area contributed by atoms with Gasteiger partial charge in [0.15, 0.2) is 0 Å². The lowest BCUT2D eigenvalue weighted by atomic mass is 10.4. The summed E-state index contributed by atoms with van der Waals surface area (Å²) in [4.78, 5) is 17.4. The topological polar surface area (TPSA) is 44.1 Å². The van der Waals surface area contributed by atoms with Crippen LogP contribution in [0.4, 0.5) is 0 Å². The molecular weight excluding hydrogens is 272 g/mol. The van der Waals surface area contributed by atoms with E-state index in [9.17, 15) is 4.79 Å². The third-order valence-electron chi connectivity index (χ3n) is 2.50. The Kier molecular flexibility index (Phi) is 4.24. The predicted molar refractivity (Wildman–Crippen MR) is 75.0 cm³/mol. The molecule has 0 N–H and O–H groups in total. The minimum atomic E-state index is -0.112. The molecule has 0 unspecified atom stereocenters. The van der Waals surface area contributed by atoms with Crippen LogP contribution in [0.3, 0.4) is 0 Å². The molecule has 2 heterocycles. The summed E-state index contributed by atoms with van der Waals surface area (Å²) >= 11 is 7.39. The molecule has 2 rings (SSSR count). The number of hydrogen-bond donors (Lipinski definition) is 0. The van der Waals surface area contributed by atoms with E-state index in [-0.39, 0.29) is 5.56 Å². The second kappa shape index (κ2) is 5.71. The quantitative estimate of drug-likeness (QED) is 0.847. The number of fused-ring (bicyclic) bond motifs is 1. The Morgan fingerprint density at radius 1 is 1.44 bits per heavy atom. The summed E-state index contributed by atoms with van der Waals surface area (Å²) < 4.78 is 7.12. The van der Waals surface area contributed by atoms with Crippen LogP contribution < -0.4 is 10.3 Å². The number of thiophene rings is 1. The maximum atomic E-state index is 12.3. The van der Waals surface area contributed by atoms with Crippen molar-refractivity contribution in [2.75, 3.05) is 6.61 Å². The molecule has 6 heteroatoms. The van der Waals surface area contributed by atoms with E-state index in [0.717, 1.165) is 12.8 Å². The molecule has 0 amide bonds. The number of nitrogens with zero attached hydrogens (tertiary/aromatic N) is 2. The van der Waals surface area contributed by atoms with Crippen molar-refractivity contribution < 1.29 is 4.74 Å². The molecule has 0 aromatic carbocycles. The first-order valence-electron chi connectivity index (χ1n) is 5.99. The Labute approximate surface area is 114 Å². The summed E-state index contributed by atoms with van der Waals surface area (Å²) in [5.41, 5.74) is -0.112. The van der Waals surface area contributed by atoms with Gasteiger partial charge in [0, 0.05) is 11.9 Å². The van der Waals surface area contributed by atoms with Crippen molar-refractivity contribution in [1.82, 2.24) is 9.55 Å². The van der Waals surface area contributed by atoms with Gasteiger partial charge in [-0.05, 0) is 12.8 Å². The van der Waals surface area contributed by atoms with Gasteiger partial charge in [-0.1, -0.05) is 25.4 Å². The average Bonchev–Trinajstić information content (AvgIpc) is 2.72. The number of aromatic nitrogens is 2. The van der Waals surface area contributed by atoms with E-state index >= 15 is 0 Å². The molecule has 4 nitrogen and oxygen atoms in total. The first-order valence-corrected chi connectivity index (χ1v) is 7.25. The second-order valence-electron chi connectivity index (χ2n) is 3.96. The Bertz CT molecular complexity index is 606. The van der Waals surface area contributed by atoms with Crippen LogP contribution in [0.1, 0.15) is 26.7 Å². The SMILES string of the molecule is CCCOc1nc2scc(Cl)c2c(=O)n1CCC. The van der Waals surface area contributed by atoms with Gasteiger partial charge in [-0.25, -0.2) is 0 Å². The third kappa shape index (κ3) is 2.37. The van der Waals surface area contributed by atoms with E-state index in [2.05, 4.69) is 4.98 Å². The fourth-order valence-corrected chi connectivity index (χ4v) is 2.84. The summed E-state index contributed by atoms with van der Waals surface area (Å²) in [6.07, 6.45) is 1.72. The minimum absolute atomic E-state index is 0.112. The van der Waals surface area contributed by atoms with E-state index in [1.54, 1.807) is 9.95 Å². The minimum Gasteiger partial charge on any atom is -0.465 e. The van der Waals surface area contributed by atoms with Crippen LogP contribution >= 0.6 is 22.9 Å². The molecule has 0 bridgehead atoms. The van der Waals surface area contributed by atoms with Gasteiger partial charge in [-0.3, -0.25) is 9.36 Å². The van der Waals surface area contributed by atoms with Crippen molar-refractivity contribution in [2.24, 2.45) is 0 Å². The highest BCUT2D eigenvalue weighted by Gasteiger charge is 2.15. The van der Waals surface area contributed by atoms with Crippen molar-refractivity contribution in [3.05, 3.63) is 20.8 Å². The van der Waals surface area contributed by atoms with Crippen molar-refractivity contribution in [1.29, 1.82) is 0 Å². The van der Waals surface area contributed by atoms with Crippen molar-refractivity contribution in [3.8, 4) is 6.01 Å². The summed E-state index contributed by atoms with van der Waals surface area (Å²) in [7, 11) is 0. The molecule has 0 atom stereocenters. The van der Waals surface area contributed by atoms with Crippen LogP contribution in [0, 0.1) is 0 Å². The first-order chi connectivity index (χ1) is 8.69. The average molecular weight is 287 g/mol. The number of halogens is 1. The van der Waals surface area contributed by atoms with E-state index in [1.807, 2.05) is 13.8 Å². The molecular formula is C12H15ClN2O2S. The molecule has 0 spiro atoms. The largest absolute Gasteiger partial charge is 0.465 e. The van der Waals surface area contributed by atoms with Crippen molar-refractivity contribution in [2.45, 2.75) is 33.2 Å². The molecule has 18 heavy (non-hydrogen) atoms. The molecule has 0 aliphatic rings. The molecule has 0 radical (unpaired) electrons. The van der Waals surface area contributed by atoms with E-state index < -0.39 is 0 Å². The molecule has 2 aromatic heterocycles. The number of rotatable bonds is 5. The highest BCUT2D eigenvalue weighted by atomic mass is 35.5. The summed E-state index contributed by atoms with van der Waals surface area (Å²) in [5.74, 6) is 0. The van der Waals surface area contributed by atoms with Gasteiger partial charge in [0.1, 0.15) is 4.83 Å². The molecule has 0 aliphatic heterocycles. The van der Waals surface area contributed by atoms with Gasteiger partial charge in [-0.15, -0.1) is 11.3 Å². The van der Waals surface area contributed by atoms with Crippen molar-refractivity contribution in [3.63, 3.8) is 0 Å². The van der Waals surface area contributed by atoms with Crippen LogP contribution in [-0.2, 0) is 6.54 Å². The standard InChI is InChI=1S/C12H15ClN2O2S/c1-3-5-15-11(16)9-8(13)7-18-10(9)14-12(15)17-6-4-2/h7H,3-6H2,1-2H3. The zero-order chi connectivity index (χ0) is 13.1. The van der Waals surface area contributed by atoms with E-state index in [4.69, 9.17) is 16.3 Å². The third-order valence-corrected chi connectivity index (χ3v) is 3.80. The summed E-state index contributed by atoms with van der Waals surface area (Å²) in [6.45, 7) is 5.17. The maximum Gasteiger partial charge on any atom is 0.300 e. The second-order valence-corrected chi connectivity index (χ2v) is 5.23. The van der Waals surface area contributed by atoms with Crippen LogP contribution in [0.5, 0.6) is 6.01 Å². The van der Waals surface area contributed by atoms with E-state index in [0.29, 0.717) is 34.4 Å². The van der Waals surface area contributed by atoms with Crippen LogP contribution in [0.15, 0.2) is 10.2 Å². The predicted octanol–water partition coefficient (Wildman–Crippen LogP) is 3.31. The Balaban J connectivity index is 2.60. The fourth-order valence-electron chi connectivity index (χ4n) is 1.70. The zero-order valence-corrected chi connectivity index (χ0v) is 12.0. The van der Waals surface area contributed by atoms with Gasteiger partial charge in [0.2, 0.25) is 0 Å². The van der Waals surface area contributed by atoms with Gasteiger partial charge in [0.05, 0.1) is 17.0 Å². The summed E-state index contributed by atoms with van der Waals surface area (Å²) in [5, 5.41) is 2.71. The molecule has 0 fully saturated rings. The Hall–Kier alpha value is -1.07. The number of ether oxygens (including phenoxy) is 1. The first kappa shape index (κ1) is 13.4. The van der Waals surface area contributed by atoms with Gasteiger partial charge in [-0.2, -0.15) is 4.98 Å². The normalized spacial score (nSPS) is 11.1. The van der Waals surface area contributed by atoms with Crippen molar-refractivity contribution >= 4 is 33.2 Å². The molecule has 0 saturated heterocycles. The molecule has 0 saturated carbocycles. The van der Waals surface area contributed by atoms with E-state index in [1.165, 1.54) is 11.3 Å². The highest BCUT2D eigenvalue weighted by molar-refractivity contribution is 7.17. The molecule has 0 aliphatic carbocycles. The van der Waals surface area contributed by atoms with Crippen LogP contribution in [-0.4, -0.2) is 16.2 Å². The smallest absolute Gasteiger partial charge is 0.300 e. The number of hydrogen-bond acceptors (Lipinski definition) is 4. The van der Waals surface area contributed by atoms with Crippen LogP contribution in [0.2, 0.25) is 5.02 Å². The van der Waals surface area contributed by atoms with Gasteiger partial charge in [0.25, 0.3) is 5.56 Å². The lowest BCUT2D eigenvalue weighted by Crippen LogP contribution is -2.23. The molecule has 2 aromatic rings. The molecule has 98 valence electrons. The van der Waals surface area contributed by atoms with Crippen LogP contribution in [0.25, 0.3) is 10.2 Å². The summed E-state index contributed by atoms with van der Waals surface area (Å²) in [6, 6.07) is 0.398. The monoisotopic (exact) mass is 286 g/mol. The Morgan fingerprint density at radius 3 is 2.89 bits per heavy atom. The zero-order valence-electron chi connectivity index (χ0n) is 10.4. The lowest BCUT2D eigenvalue weighted by molar-refractivity contribution is 0.272. The highest BCUT2D eigenvalue weighted by Crippen LogP contribution is 2.27. The van der Waals surface area contributed by atoms with Gasteiger partial charge < -0.3 is 4.74 Å². The van der Waals surface area contributed by atoms with Gasteiger partial charge >= 0.3 is 6.01 Å². The maximum absolute atomic E-state index is 12.3. The lowest BCUT2D eigenvalue weighted by Gasteiger charge is -2.11. The fraction of sp³-hybridized carbons (Fsp3) is 0.500. The Morgan fingerprint density at radius 2 is 2.22 bits per heavy atom.